The minimum atomic E-state index is -0.559. The first-order valence-corrected chi connectivity index (χ1v) is 7.89. The Bertz CT molecular complexity index is 678. The Labute approximate surface area is 144 Å². The van der Waals surface area contributed by atoms with E-state index in [2.05, 4.69) is 10.6 Å². The van der Waals surface area contributed by atoms with Gasteiger partial charge in [0.15, 0.2) is 0 Å². The number of esters is 1. The predicted octanol–water partition coefficient (Wildman–Crippen LogP) is 2.77. The molecule has 0 saturated carbocycles. The molecule has 1 aliphatic rings. The maximum absolute atomic E-state index is 13.2. The fourth-order valence-electron chi connectivity index (χ4n) is 2.30. The lowest BCUT2D eigenvalue weighted by atomic mass is 10.0. The zero-order valence-electron chi connectivity index (χ0n) is 13.3. The van der Waals surface area contributed by atoms with Crippen LogP contribution in [0.4, 0.5) is 9.18 Å². The number of halogens is 2. The molecule has 2 N–H and O–H groups in total. The molecule has 0 saturated heterocycles. The number of carbonyl (C=O) groups is 2. The molecule has 1 heterocycles. The Morgan fingerprint density at radius 1 is 1.38 bits per heavy atom. The van der Waals surface area contributed by atoms with Gasteiger partial charge in [0.05, 0.1) is 28.9 Å². The molecule has 2 amide bonds. The van der Waals surface area contributed by atoms with Crippen LogP contribution in [0.1, 0.15) is 20.3 Å². The Morgan fingerprint density at radius 2 is 2.12 bits per heavy atom. The van der Waals surface area contributed by atoms with Gasteiger partial charge in [0.1, 0.15) is 18.2 Å². The second-order valence-electron chi connectivity index (χ2n) is 5.04. The smallest absolute Gasteiger partial charge is 0.338 e. The monoisotopic (exact) mass is 356 g/mol. The number of hydrogen-bond acceptors (Lipinski definition) is 4. The minimum absolute atomic E-state index is 0.0760. The van der Waals surface area contributed by atoms with Crippen LogP contribution in [0.5, 0.6) is 5.75 Å². The molecule has 6 nitrogen and oxygen atoms in total. The number of benzene rings is 1. The quantitative estimate of drug-likeness (QED) is 0.768. The van der Waals surface area contributed by atoms with E-state index in [1.54, 1.807) is 6.92 Å². The predicted molar refractivity (Wildman–Crippen MR) is 86.3 cm³/mol. The van der Waals surface area contributed by atoms with Gasteiger partial charge in [0.2, 0.25) is 0 Å². The molecule has 1 unspecified atom stereocenters. The third kappa shape index (κ3) is 4.17. The third-order valence-corrected chi connectivity index (χ3v) is 3.71. The van der Waals surface area contributed by atoms with Gasteiger partial charge in [-0.2, -0.15) is 0 Å². The van der Waals surface area contributed by atoms with Crippen molar-refractivity contribution in [3.05, 3.63) is 40.3 Å². The van der Waals surface area contributed by atoms with Crippen molar-refractivity contribution in [2.24, 2.45) is 0 Å². The summed E-state index contributed by atoms with van der Waals surface area (Å²) < 4.78 is 23.7. The second kappa shape index (κ2) is 8.01. The summed E-state index contributed by atoms with van der Waals surface area (Å²) in [6, 6.07) is 3.01. The highest BCUT2D eigenvalue weighted by Gasteiger charge is 2.31. The first-order valence-electron chi connectivity index (χ1n) is 7.51. The third-order valence-electron chi connectivity index (χ3n) is 3.42. The van der Waals surface area contributed by atoms with Gasteiger partial charge in [-0.25, -0.2) is 14.0 Å². The van der Waals surface area contributed by atoms with E-state index in [0.29, 0.717) is 23.4 Å². The van der Waals surface area contributed by atoms with Crippen LogP contribution in [0.25, 0.3) is 0 Å². The van der Waals surface area contributed by atoms with Crippen LogP contribution in [0.15, 0.2) is 29.5 Å². The molecule has 1 aromatic carbocycles. The van der Waals surface area contributed by atoms with Crippen molar-refractivity contribution in [1.82, 2.24) is 10.6 Å². The number of carbonyl (C=O) groups excluding carboxylic acids is 2. The fourth-order valence-corrected chi connectivity index (χ4v) is 2.47. The molecule has 130 valence electrons. The van der Waals surface area contributed by atoms with Crippen LogP contribution in [0.2, 0.25) is 5.02 Å². The van der Waals surface area contributed by atoms with Gasteiger partial charge in [-0.1, -0.05) is 18.5 Å². The van der Waals surface area contributed by atoms with Gasteiger partial charge in [-0.3, -0.25) is 0 Å². The number of hydrogen-bond donors (Lipinski definition) is 2. The van der Waals surface area contributed by atoms with Crippen LogP contribution in [0, 0.1) is 5.82 Å². The highest BCUT2D eigenvalue weighted by atomic mass is 35.5. The molecule has 2 rings (SSSR count). The second-order valence-corrected chi connectivity index (χ2v) is 5.44. The Kier molecular flexibility index (Phi) is 6.03. The normalized spacial score (nSPS) is 17.2. The van der Waals surface area contributed by atoms with Crippen molar-refractivity contribution < 1.29 is 23.5 Å². The van der Waals surface area contributed by atoms with E-state index in [1.165, 1.54) is 18.2 Å². The summed E-state index contributed by atoms with van der Waals surface area (Å²) in [5, 5.41) is 5.15. The SMILES string of the molecule is CCOC(=O)C1=C(COc2ccc(F)c(Cl)c2)NC(=O)NC1CC. The molecule has 8 heteroatoms. The zero-order chi connectivity index (χ0) is 17.7. The van der Waals surface area contributed by atoms with Crippen molar-refractivity contribution in [3.8, 4) is 5.75 Å². The van der Waals surface area contributed by atoms with Gasteiger partial charge in [0, 0.05) is 6.07 Å². The van der Waals surface area contributed by atoms with Gasteiger partial charge in [-0.15, -0.1) is 0 Å². The highest BCUT2D eigenvalue weighted by Crippen LogP contribution is 2.23. The van der Waals surface area contributed by atoms with Crippen LogP contribution >= 0.6 is 11.6 Å². The maximum atomic E-state index is 13.2. The lowest BCUT2D eigenvalue weighted by molar-refractivity contribution is -0.139. The summed E-state index contributed by atoms with van der Waals surface area (Å²) in [7, 11) is 0. The molecule has 0 bridgehead atoms. The van der Waals surface area contributed by atoms with E-state index in [4.69, 9.17) is 21.1 Å². The standard InChI is InChI=1S/C16H18ClFN2O4/c1-3-12-14(15(21)23-4-2)13(20-16(22)19-12)8-24-9-5-6-11(18)10(17)7-9/h5-7,12H,3-4,8H2,1-2H3,(H2,19,20,22). The molecule has 1 aliphatic heterocycles. The summed E-state index contributed by atoms with van der Waals surface area (Å²) in [5.74, 6) is -0.762. The molecule has 1 aromatic rings. The van der Waals surface area contributed by atoms with Crippen LogP contribution < -0.4 is 15.4 Å². The van der Waals surface area contributed by atoms with Crippen molar-refractivity contribution in [3.63, 3.8) is 0 Å². The topological polar surface area (TPSA) is 76.7 Å². The Hall–Kier alpha value is -2.28. The van der Waals surface area contributed by atoms with E-state index in [-0.39, 0.29) is 18.2 Å². The summed E-state index contributed by atoms with van der Waals surface area (Å²) >= 11 is 5.70. The van der Waals surface area contributed by atoms with E-state index < -0.39 is 23.9 Å². The molecule has 24 heavy (non-hydrogen) atoms. The Balaban J connectivity index is 2.24. The summed E-state index contributed by atoms with van der Waals surface area (Å²) in [6.07, 6.45) is 0.521. The van der Waals surface area contributed by atoms with E-state index in [9.17, 15) is 14.0 Å². The van der Waals surface area contributed by atoms with Gasteiger partial charge in [0.25, 0.3) is 0 Å². The van der Waals surface area contributed by atoms with E-state index in [0.717, 1.165) is 0 Å². The van der Waals surface area contributed by atoms with Crippen molar-refractivity contribution in [2.45, 2.75) is 26.3 Å². The molecule has 1 atom stereocenters. The van der Waals surface area contributed by atoms with Crippen LogP contribution in [-0.2, 0) is 9.53 Å². The van der Waals surface area contributed by atoms with E-state index >= 15 is 0 Å². The average molecular weight is 357 g/mol. The molecule has 0 aliphatic carbocycles. The maximum Gasteiger partial charge on any atom is 0.338 e. The van der Waals surface area contributed by atoms with Crippen molar-refractivity contribution in [1.29, 1.82) is 0 Å². The summed E-state index contributed by atoms with van der Waals surface area (Å²) in [4.78, 5) is 23.9. The fraction of sp³-hybridized carbons (Fsp3) is 0.375. The number of ether oxygens (including phenoxy) is 2. The van der Waals surface area contributed by atoms with Crippen LogP contribution in [0.3, 0.4) is 0 Å². The van der Waals surface area contributed by atoms with Crippen LogP contribution in [-0.4, -0.2) is 31.3 Å². The lowest BCUT2D eigenvalue weighted by Gasteiger charge is -2.28. The molecule has 0 aromatic heterocycles. The molecule has 0 spiro atoms. The summed E-state index contributed by atoms with van der Waals surface area (Å²) in [6.45, 7) is 3.67. The molecular formula is C16H18ClFN2O4. The van der Waals surface area contributed by atoms with Crippen molar-refractivity contribution >= 4 is 23.6 Å². The largest absolute Gasteiger partial charge is 0.487 e. The van der Waals surface area contributed by atoms with Gasteiger partial charge < -0.3 is 20.1 Å². The lowest BCUT2D eigenvalue weighted by Crippen LogP contribution is -2.51. The average Bonchev–Trinajstić information content (AvgIpc) is 2.55. The minimum Gasteiger partial charge on any atom is -0.487 e. The number of rotatable bonds is 6. The number of nitrogens with one attached hydrogen (secondary N) is 2. The van der Waals surface area contributed by atoms with Crippen molar-refractivity contribution in [2.75, 3.05) is 13.2 Å². The summed E-state index contributed by atoms with van der Waals surface area (Å²) in [5.41, 5.74) is 0.622. The van der Waals surface area contributed by atoms with Gasteiger partial charge >= 0.3 is 12.0 Å². The first-order chi connectivity index (χ1) is 11.5. The highest BCUT2D eigenvalue weighted by molar-refractivity contribution is 6.30. The Morgan fingerprint density at radius 3 is 2.75 bits per heavy atom. The van der Waals surface area contributed by atoms with E-state index in [1.807, 2.05) is 6.92 Å². The number of amides is 2. The van der Waals surface area contributed by atoms with Gasteiger partial charge in [-0.05, 0) is 25.5 Å². The number of urea groups is 1. The molecule has 0 fully saturated rings. The molecule has 0 radical (unpaired) electrons. The zero-order valence-corrected chi connectivity index (χ0v) is 14.1. The molecular weight excluding hydrogens is 339 g/mol. The first kappa shape index (κ1) is 18.1.